The van der Waals surface area contributed by atoms with Crippen molar-refractivity contribution in [2.24, 2.45) is 0 Å². The number of hydrogen-bond donors (Lipinski definition) is 1. The van der Waals surface area contributed by atoms with Crippen LogP contribution in [-0.4, -0.2) is 12.2 Å². The first kappa shape index (κ1) is 11.7. The fourth-order valence-corrected chi connectivity index (χ4v) is 1.28. The molecule has 0 radical (unpaired) electrons. The molecule has 0 unspecified atom stereocenters. The van der Waals surface area contributed by atoms with Crippen molar-refractivity contribution in [1.82, 2.24) is 5.32 Å². The molecule has 4 heteroatoms. The van der Waals surface area contributed by atoms with Gasteiger partial charge >= 0.3 is 0 Å². The molecule has 1 amide bonds. The Morgan fingerprint density at radius 3 is 2.87 bits per heavy atom. The van der Waals surface area contributed by atoms with Gasteiger partial charge in [-0.15, -0.1) is 0 Å². The summed E-state index contributed by atoms with van der Waals surface area (Å²) in [6.45, 7) is 2.21. The lowest BCUT2D eigenvalue weighted by atomic mass is 10.1. The van der Waals surface area contributed by atoms with Crippen LogP contribution in [0.25, 0.3) is 0 Å². The fourth-order valence-electron chi connectivity index (χ4n) is 1.12. The lowest BCUT2D eigenvalue weighted by Crippen LogP contribution is -2.21. The summed E-state index contributed by atoms with van der Waals surface area (Å²) in [5.41, 5.74) is 1.31. The van der Waals surface area contributed by atoms with Crippen LogP contribution in [0.1, 0.15) is 29.3 Å². The third-order valence-electron chi connectivity index (χ3n) is 2.00. The summed E-state index contributed by atoms with van der Waals surface area (Å²) < 4.78 is 0. The zero-order valence-electron chi connectivity index (χ0n) is 8.42. The Kier molecular flexibility index (Phi) is 4.31. The minimum absolute atomic E-state index is 0.0161. The molecule has 0 aliphatic carbocycles. The van der Waals surface area contributed by atoms with Crippen molar-refractivity contribution in [3.05, 3.63) is 34.3 Å². The molecule has 15 heavy (non-hydrogen) atoms. The van der Waals surface area contributed by atoms with Crippen molar-refractivity contribution in [2.75, 3.05) is 0 Å². The summed E-state index contributed by atoms with van der Waals surface area (Å²) in [4.78, 5) is 21.6. The van der Waals surface area contributed by atoms with E-state index >= 15 is 0 Å². The van der Waals surface area contributed by atoms with E-state index < -0.39 is 0 Å². The van der Waals surface area contributed by atoms with Gasteiger partial charge < -0.3 is 5.32 Å². The molecule has 0 heterocycles. The molecular weight excluding hydrogens is 214 g/mol. The van der Waals surface area contributed by atoms with E-state index in [1.54, 1.807) is 25.1 Å². The van der Waals surface area contributed by atoms with Gasteiger partial charge in [-0.3, -0.25) is 9.59 Å². The van der Waals surface area contributed by atoms with E-state index in [0.717, 1.165) is 5.56 Å². The summed E-state index contributed by atoms with van der Waals surface area (Å²) in [5.74, 6) is -0.0161. The Bertz CT molecular complexity index is 377. The van der Waals surface area contributed by atoms with Gasteiger partial charge in [0.1, 0.15) is 0 Å². The number of halogens is 1. The van der Waals surface area contributed by atoms with Gasteiger partial charge in [0, 0.05) is 18.5 Å². The molecular formula is C11H12ClNO2. The maximum absolute atomic E-state index is 11.0. The topological polar surface area (TPSA) is 46.2 Å². The van der Waals surface area contributed by atoms with Gasteiger partial charge in [0.25, 0.3) is 0 Å². The number of benzene rings is 1. The molecule has 1 aromatic rings. The zero-order chi connectivity index (χ0) is 11.3. The number of rotatable bonds is 4. The first-order valence-electron chi connectivity index (χ1n) is 4.67. The van der Waals surface area contributed by atoms with Crippen molar-refractivity contribution < 1.29 is 9.59 Å². The summed E-state index contributed by atoms with van der Waals surface area (Å²) in [6, 6.07) is 5.11. The molecule has 0 aliphatic heterocycles. The minimum Gasteiger partial charge on any atom is -0.352 e. The Balaban J connectivity index is 2.70. The summed E-state index contributed by atoms with van der Waals surface area (Å²) >= 11 is 5.77. The second-order valence-electron chi connectivity index (χ2n) is 3.10. The van der Waals surface area contributed by atoms with E-state index in [0.29, 0.717) is 29.8 Å². The van der Waals surface area contributed by atoms with Crippen LogP contribution in [0.2, 0.25) is 5.02 Å². The van der Waals surface area contributed by atoms with Crippen molar-refractivity contribution >= 4 is 23.8 Å². The molecule has 1 aromatic carbocycles. The average molecular weight is 226 g/mol. The third-order valence-corrected chi connectivity index (χ3v) is 2.34. The molecule has 80 valence electrons. The van der Waals surface area contributed by atoms with Crippen LogP contribution >= 0.6 is 11.6 Å². The van der Waals surface area contributed by atoms with Crippen LogP contribution in [0.5, 0.6) is 0 Å². The van der Waals surface area contributed by atoms with Crippen molar-refractivity contribution in [3.8, 4) is 0 Å². The molecule has 1 rings (SSSR count). The summed E-state index contributed by atoms with van der Waals surface area (Å²) in [6.07, 6.45) is 1.15. The second kappa shape index (κ2) is 5.51. The van der Waals surface area contributed by atoms with Crippen LogP contribution in [0.3, 0.4) is 0 Å². The minimum atomic E-state index is -0.0161. The van der Waals surface area contributed by atoms with E-state index in [1.165, 1.54) is 0 Å². The lowest BCUT2D eigenvalue weighted by Gasteiger charge is -2.05. The first-order chi connectivity index (χ1) is 7.17. The van der Waals surface area contributed by atoms with Gasteiger partial charge in [0.05, 0.1) is 5.02 Å². The summed E-state index contributed by atoms with van der Waals surface area (Å²) in [7, 11) is 0. The van der Waals surface area contributed by atoms with Crippen LogP contribution in [0.4, 0.5) is 0 Å². The van der Waals surface area contributed by atoms with E-state index in [4.69, 9.17) is 11.6 Å². The highest BCUT2D eigenvalue weighted by Crippen LogP contribution is 2.15. The van der Waals surface area contributed by atoms with E-state index in [9.17, 15) is 9.59 Å². The molecule has 0 fully saturated rings. The van der Waals surface area contributed by atoms with Gasteiger partial charge in [0.2, 0.25) is 5.91 Å². The molecule has 0 aliphatic rings. The third kappa shape index (κ3) is 3.36. The van der Waals surface area contributed by atoms with Crippen LogP contribution in [0, 0.1) is 0 Å². The van der Waals surface area contributed by atoms with Gasteiger partial charge in [-0.25, -0.2) is 0 Å². The maximum atomic E-state index is 11.0. The number of aldehydes is 1. The van der Waals surface area contributed by atoms with Crippen LogP contribution in [0.15, 0.2) is 18.2 Å². The molecule has 0 bridgehead atoms. The number of carbonyl (C=O) groups is 2. The van der Waals surface area contributed by atoms with Crippen molar-refractivity contribution in [2.45, 2.75) is 19.9 Å². The number of nitrogens with one attached hydrogen (secondary N) is 1. The highest BCUT2D eigenvalue weighted by atomic mass is 35.5. The highest BCUT2D eigenvalue weighted by molar-refractivity contribution is 6.32. The van der Waals surface area contributed by atoms with Gasteiger partial charge in [-0.2, -0.15) is 0 Å². The molecule has 0 saturated carbocycles. The predicted molar refractivity (Wildman–Crippen MR) is 59.0 cm³/mol. The second-order valence-corrected chi connectivity index (χ2v) is 3.51. The van der Waals surface area contributed by atoms with Crippen molar-refractivity contribution in [3.63, 3.8) is 0 Å². The zero-order valence-corrected chi connectivity index (χ0v) is 9.17. The van der Waals surface area contributed by atoms with E-state index in [2.05, 4.69) is 5.32 Å². The Hall–Kier alpha value is -1.35. The molecule has 0 aromatic heterocycles. The quantitative estimate of drug-likeness (QED) is 0.799. The Morgan fingerprint density at radius 1 is 1.53 bits per heavy atom. The monoisotopic (exact) mass is 225 g/mol. The molecule has 0 spiro atoms. The van der Waals surface area contributed by atoms with E-state index in [1.807, 2.05) is 0 Å². The predicted octanol–water partition coefficient (Wildman–Crippen LogP) is 2.18. The SMILES string of the molecule is CCC(=O)NCc1ccc(Cl)c(C=O)c1. The smallest absolute Gasteiger partial charge is 0.219 e. The molecule has 1 N–H and O–H groups in total. The standard InChI is InChI=1S/C11H12ClNO2/c1-2-11(15)13-6-8-3-4-10(12)9(5-8)7-14/h3-5,7H,2,6H2,1H3,(H,13,15). The lowest BCUT2D eigenvalue weighted by molar-refractivity contribution is -0.120. The van der Waals surface area contributed by atoms with E-state index in [-0.39, 0.29) is 5.91 Å². The average Bonchev–Trinajstić information content (AvgIpc) is 2.27. The maximum Gasteiger partial charge on any atom is 0.219 e. The van der Waals surface area contributed by atoms with Crippen LogP contribution in [-0.2, 0) is 11.3 Å². The van der Waals surface area contributed by atoms with Crippen LogP contribution < -0.4 is 5.32 Å². The normalized spacial score (nSPS) is 9.73. The van der Waals surface area contributed by atoms with Crippen molar-refractivity contribution in [1.29, 1.82) is 0 Å². The number of hydrogen-bond acceptors (Lipinski definition) is 2. The molecule has 0 atom stereocenters. The Labute approximate surface area is 93.4 Å². The Morgan fingerprint density at radius 2 is 2.27 bits per heavy atom. The van der Waals surface area contributed by atoms with Gasteiger partial charge in [-0.1, -0.05) is 24.6 Å². The number of carbonyl (C=O) groups excluding carboxylic acids is 2. The van der Waals surface area contributed by atoms with Gasteiger partial charge in [-0.05, 0) is 17.7 Å². The fraction of sp³-hybridized carbons (Fsp3) is 0.273. The highest BCUT2D eigenvalue weighted by Gasteiger charge is 2.02. The molecule has 0 saturated heterocycles. The summed E-state index contributed by atoms with van der Waals surface area (Å²) in [5, 5.41) is 3.15. The molecule has 3 nitrogen and oxygen atoms in total. The number of amides is 1. The first-order valence-corrected chi connectivity index (χ1v) is 5.05. The largest absolute Gasteiger partial charge is 0.352 e. The van der Waals surface area contributed by atoms with Gasteiger partial charge in [0.15, 0.2) is 6.29 Å².